The molecule has 4 heteroatoms. The van der Waals surface area contributed by atoms with Crippen LogP contribution in [0.3, 0.4) is 0 Å². The monoisotopic (exact) mass is 271 g/mol. The van der Waals surface area contributed by atoms with E-state index in [1.165, 1.54) is 0 Å². The molecule has 1 aromatic carbocycles. The summed E-state index contributed by atoms with van der Waals surface area (Å²) in [5.74, 6) is 0.131. The van der Waals surface area contributed by atoms with Crippen molar-refractivity contribution in [1.82, 2.24) is 9.80 Å². The molecule has 0 bridgehead atoms. The maximum Gasteiger partial charge on any atom is 0.176 e. The van der Waals surface area contributed by atoms with Crippen LogP contribution in [0.2, 0.25) is 0 Å². The van der Waals surface area contributed by atoms with Crippen LogP contribution in [0.1, 0.15) is 29.8 Å². The van der Waals surface area contributed by atoms with Gasteiger partial charge in [0.05, 0.1) is 18.2 Å². The number of nitrogens with zero attached hydrogens (tertiary/aromatic N) is 3. The third-order valence-electron chi connectivity index (χ3n) is 3.96. The van der Waals surface area contributed by atoms with E-state index in [0.717, 1.165) is 26.2 Å². The largest absolute Gasteiger partial charge is 0.298 e. The highest BCUT2D eigenvalue weighted by Gasteiger charge is 2.23. The molecule has 2 rings (SSSR count). The normalized spacial score (nSPS) is 20.6. The molecule has 1 aliphatic heterocycles. The Kier molecular flexibility index (Phi) is 4.89. The number of nitriles is 1. The predicted octanol–water partition coefficient (Wildman–Crippen LogP) is 1.77. The van der Waals surface area contributed by atoms with Gasteiger partial charge in [-0.15, -0.1) is 0 Å². The summed E-state index contributed by atoms with van der Waals surface area (Å²) >= 11 is 0. The van der Waals surface area contributed by atoms with Crippen LogP contribution in [-0.2, 0) is 0 Å². The third-order valence-corrected chi connectivity index (χ3v) is 3.96. The van der Waals surface area contributed by atoms with E-state index in [4.69, 9.17) is 5.26 Å². The van der Waals surface area contributed by atoms with E-state index in [9.17, 15) is 4.79 Å². The zero-order valence-corrected chi connectivity index (χ0v) is 12.2. The second-order valence-corrected chi connectivity index (χ2v) is 5.33. The van der Waals surface area contributed by atoms with Crippen LogP contribution in [0.5, 0.6) is 0 Å². The Hall–Kier alpha value is -1.70. The second kappa shape index (κ2) is 6.65. The predicted molar refractivity (Wildman–Crippen MR) is 78.6 cm³/mol. The number of carbonyl (C=O) groups excluding carboxylic acids is 1. The van der Waals surface area contributed by atoms with Gasteiger partial charge in [0.25, 0.3) is 0 Å². The van der Waals surface area contributed by atoms with Crippen molar-refractivity contribution in [3.8, 4) is 6.07 Å². The van der Waals surface area contributed by atoms with Crippen molar-refractivity contribution in [3.05, 3.63) is 35.4 Å². The standard InChI is InChI=1S/C16H21N3O/c1-3-19-9-8-18(11-13(19)2)12-16(20)15-6-4-14(10-17)5-7-15/h4-7,13H,3,8-9,11-12H2,1-2H3. The van der Waals surface area contributed by atoms with Crippen LogP contribution in [0.15, 0.2) is 24.3 Å². The van der Waals surface area contributed by atoms with Gasteiger partial charge in [-0.2, -0.15) is 5.26 Å². The number of Topliss-reactive ketones (excluding diaryl/α,β-unsaturated/α-hetero) is 1. The summed E-state index contributed by atoms with van der Waals surface area (Å²) in [6.07, 6.45) is 0. The Balaban J connectivity index is 1.93. The minimum Gasteiger partial charge on any atom is -0.298 e. The van der Waals surface area contributed by atoms with Crippen LogP contribution in [-0.4, -0.2) is 54.3 Å². The molecule has 0 spiro atoms. The molecule has 1 fully saturated rings. The first-order valence-corrected chi connectivity index (χ1v) is 7.13. The van der Waals surface area contributed by atoms with E-state index in [-0.39, 0.29) is 5.78 Å². The Labute approximate surface area is 120 Å². The minimum absolute atomic E-state index is 0.131. The van der Waals surface area contributed by atoms with Crippen molar-refractivity contribution in [2.45, 2.75) is 19.9 Å². The molecule has 1 aliphatic rings. The fourth-order valence-corrected chi connectivity index (χ4v) is 2.71. The fourth-order valence-electron chi connectivity index (χ4n) is 2.71. The van der Waals surface area contributed by atoms with Gasteiger partial charge in [-0.3, -0.25) is 14.6 Å². The summed E-state index contributed by atoms with van der Waals surface area (Å²) in [4.78, 5) is 16.9. The van der Waals surface area contributed by atoms with E-state index in [2.05, 4.69) is 29.7 Å². The van der Waals surface area contributed by atoms with Crippen molar-refractivity contribution in [1.29, 1.82) is 5.26 Å². The van der Waals surface area contributed by atoms with Crippen LogP contribution in [0.4, 0.5) is 0 Å². The molecule has 0 N–H and O–H groups in total. The van der Waals surface area contributed by atoms with Crippen molar-refractivity contribution in [2.75, 3.05) is 32.7 Å². The molecule has 106 valence electrons. The lowest BCUT2D eigenvalue weighted by atomic mass is 10.1. The van der Waals surface area contributed by atoms with Gasteiger partial charge in [0.1, 0.15) is 0 Å². The van der Waals surface area contributed by atoms with Crippen molar-refractivity contribution < 1.29 is 4.79 Å². The molecule has 1 saturated heterocycles. The smallest absolute Gasteiger partial charge is 0.176 e. The van der Waals surface area contributed by atoms with Crippen LogP contribution >= 0.6 is 0 Å². The molecule has 0 aromatic heterocycles. The number of carbonyl (C=O) groups is 1. The third kappa shape index (κ3) is 3.44. The van der Waals surface area contributed by atoms with Gasteiger partial charge < -0.3 is 0 Å². The van der Waals surface area contributed by atoms with E-state index in [1.807, 2.05) is 0 Å². The maximum atomic E-state index is 12.2. The maximum absolute atomic E-state index is 12.2. The summed E-state index contributed by atoms with van der Waals surface area (Å²) in [6, 6.07) is 9.45. The van der Waals surface area contributed by atoms with Crippen LogP contribution in [0.25, 0.3) is 0 Å². The van der Waals surface area contributed by atoms with E-state index < -0.39 is 0 Å². The molecule has 1 aromatic rings. The van der Waals surface area contributed by atoms with Gasteiger partial charge in [0, 0.05) is 31.2 Å². The molecule has 0 aliphatic carbocycles. The summed E-state index contributed by atoms with van der Waals surface area (Å²) < 4.78 is 0. The lowest BCUT2D eigenvalue weighted by Gasteiger charge is -2.39. The number of rotatable bonds is 4. The van der Waals surface area contributed by atoms with E-state index >= 15 is 0 Å². The topological polar surface area (TPSA) is 47.3 Å². The molecular weight excluding hydrogens is 250 g/mol. The van der Waals surface area contributed by atoms with Gasteiger partial charge in [-0.1, -0.05) is 19.1 Å². The lowest BCUT2D eigenvalue weighted by Crippen LogP contribution is -2.52. The summed E-state index contributed by atoms with van der Waals surface area (Å²) in [7, 11) is 0. The number of likely N-dealkylation sites (N-methyl/N-ethyl adjacent to an activating group) is 1. The first kappa shape index (κ1) is 14.7. The molecule has 4 nitrogen and oxygen atoms in total. The Morgan fingerprint density at radius 2 is 2.05 bits per heavy atom. The average molecular weight is 271 g/mol. The van der Waals surface area contributed by atoms with Crippen molar-refractivity contribution in [2.24, 2.45) is 0 Å². The van der Waals surface area contributed by atoms with E-state index in [0.29, 0.717) is 23.7 Å². The van der Waals surface area contributed by atoms with Crippen LogP contribution < -0.4 is 0 Å². The highest BCUT2D eigenvalue weighted by Crippen LogP contribution is 2.11. The molecule has 0 amide bonds. The number of ketones is 1. The summed E-state index contributed by atoms with van der Waals surface area (Å²) in [5.41, 5.74) is 1.28. The first-order chi connectivity index (χ1) is 9.63. The molecule has 1 atom stereocenters. The Morgan fingerprint density at radius 1 is 1.35 bits per heavy atom. The number of piperazine rings is 1. The zero-order chi connectivity index (χ0) is 14.5. The fraction of sp³-hybridized carbons (Fsp3) is 0.500. The quantitative estimate of drug-likeness (QED) is 0.783. The Bertz CT molecular complexity index is 503. The first-order valence-electron chi connectivity index (χ1n) is 7.13. The second-order valence-electron chi connectivity index (χ2n) is 5.33. The summed E-state index contributed by atoms with van der Waals surface area (Å²) in [6.45, 7) is 8.83. The highest BCUT2D eigenvalue weighted by atomic mass is 16.1. The zero-order valence-electron chi connectivity index (χ0n) is 12.2. The molecule has 1 heterocycles. The number of benzene rings is 1. The molecule has 0 saturated carbocycles. The molecule has 0 radical (unpaired) electrons. The number of hydrogen-bond donors (Lipinski definition) is 0. The van der Waals surface area contributed by atoms with Gasteiger partial charge >= 0.3 is 0 Å². The van der Waals surface area contributed by atoms with Gasteiger partial charge in [0.15, 0.2) is 5.78 Å². The molecular formula is C16H21N3O. The van der Waals surface area contributed by atoms with Crippen molar-refractivity contribution >= 4 is 5.78 Å². The Morgan fingerprint density at radius 3 is 2.60 bits per heavy atom. The number of hydrogen-bond acceptors (Lipinski definition) is 4. The molecule has 20 heavy (non-hydrogen) atoms. The minimum atomic E-state index is 0.131. The average Bonchev–Trinajstić information content (AvgIpc) is 2.47. The molecule has 1 unspecified atom stereocenters. The SMILES string of the molecule is CCN1CCN(CC(=O)c2ccc(C#N)cc2)CC1C. The van der Waals surface area contributed by atoms with E-state index in [1.54, 1.807) is 24.3 Å². The highest BCUT2D eigenvalue weighted by molar-refractivity contribution is 5.97. The lowest BCUT2D eigenvalue weighted by molar-refractivity contribution is 0.0723. The van der Waals surface area contributed by atoms with Gasteiger partial charge in [-0.25, -0.2) is 0 Å². The van der Waals surface area contributed by atoms with Gasteiger partial charge in [-0.05, 0) is 25.6 Å². The van der Waals surface area contributed by atoms with Gasteiger partial charge in [0.2, 0.25) is 0 Å². The summed E-state index contributed by atoms with van der Waals surface area (Å²) in [5, 5.41) is 8.76. The van der Waals surface area contributed by atoms with Crippen LogP contribution in [0, 0.1) is 11.3 Å². The van der Waals surface area contributed by atoms with Crippen molar-refractivity contribution in [3.63, 3.8) is 0 Å².